The van der Waals surface area contributed by atoms with E-state index in [1.165, 1.54) is 75.9 Å². The first kappa shape index (κ1) is 35.6. The summed E-state index contributed by atoms with van der Waals surface area (Å²) < 4.78 is 4.87. The molecule has 0 saturated heterocycles. The van der Waals surface area contributed by atoms with E-state index in [9.17, 15) is 0 Å². The number of aliphatic imine (C=N–C) groups is 2. The smallest absolute Gasteiger partial charge is 0.224 e. The molecule has 2 aromatic heterocycles. The van der Waals surface area contributed by atoms with E-state index in [0.29, 0.717) is 0 Å². The average Bonchev–Trinajstić information content (AvgIpc) is 3.90. The van der Waals surface area contributed by atoms with Crippen LogP contribution in [0.2, 0.25) is 0 Å². The van der Waals surface area contributed by atoms with Crippen molar-refractivity contribution in [2.24, 2.45) is 9.98 Å². The normalized spacial score (nSPS) is 17.2. The number of para-hydroxylation sites is 4. The van der Waals surface area contributed by atoms with Gasteiger partial charge in [-0.05, 0) is 63.7 Å². The fourth-order valence-corrected chi connectivity index (χ4v) is 12.3. The number of benzene rings is 9. The SMILES string of the molecule is c1ccc(C2=NC(n3c4ccccc4c4c5c(ccc43)C3(c4ccccc4S5)c4ccccc4-n4c5ccccc5c5cccc3c54)N=C(c3ccc(-c4ccccc4)cc3)N2)cc1. The first-order chi connectivity index (χ1) is 31.8. The molecule has 300 valence electrons. The quantitative estimate of drug-likeness (QED) is 0.192. The van der Waals surface area contributed by atoms with Gasteiger partial charge in [-0.15, -0.1) is 0 Å². The minimum atomic E-state index is -0.584. The topological polar surface area (TPSA) is 46.6 Å². The molecular formula is C58H37N5S. The van der Waals surface area contributed by atoms with E-state index in [1.54, 1.807) is 0 Å². The van der Waals surface area contributed by atoms with Gasteiger partial charge in [-0.25, -0.2) is 9.98 Å². The highest BCUT2D eigenvalue weighted by molar-refractivity contribution is 7.99. The second-order valence-corrected chi connectivity index (χ2v) is 17.9. The summed E-state index contributed by atoms with van der Waals surface area (Å²) in [4.78, 5) is 13.5. The molecule has 0 aliphatic carbocycles. The predicted octanol–water partition coefficient (Wildman–Crippen LogP) is 13.7. The van der Waals surface area contributed by atoms with Crippen molar-refractivity contribution in [1.29, 1.82) is 0 Å². The summed E-state index contributed by atoms with van der Waals surface area (Å²) in [6.45, 7) is 0. The van der Waals surface area contributed by atoms with E-state index in [2.05, 4.69) is 221 Å². The van der Waals surface area contributed by atoms with Crippen molar-refractivity contribution in [3.8, 4) is 16.8 Å². The average molecular weight is 836 g/mol. The maximum atomic E-state index is 5.48. The second-order valence-electron chi connectivity index (χ2n) is 16.9. The third kappa shape index (κ3) is 4.86. The van der Waals surface area contributed by atoms with Crippen LogP contribution in [0, 0.1) is 0 Å². The van der Waals surface area contributed by atoms with Gasteiger partial charge in [-0.3, -0.25) is 4.57 Å². The number of aromatic nitrogens is 2. The summed E-state index contributed by atoms with van der Waals surface area (Å²) in [6.07, 6.45) is -0.574. The van der Waals surface area contributed by atoms with Crippen LogP contribution < -0.4 is 5.32 Å². The lowest BCUT2D eigenvalue weighted by Crippen LogP contribution is -2.37. The summed E-state index contributed by atoms with van der Waals surface area (Å²) in [5, 5.41) is 8.61. The van der Waals surface area contributed by atoms with Gasteiger partial charge in [0.1, 0.15) is 11.7 Å². The molecule has 2 atom stereocenters. The van der Waals surface area contributed by atoms with Gasteiger partial charge < -0.3 is 9.88 Å². The van der Waals surface area contributed by atoms with Crippen LogP contribution in [0.5, 0.6) is 0 Å². The highest BCUT2D eigenvalue weighted by atomic mass is 32.2. The molecule has 5 heterocycles. The molecule has 11 aromatic rings. The van der Waals surface area contributed by atoms with Crippen molar-refractivity contribution >= 4 is 67.0 Å². The Labute approximate surface area is 373 Å². The van der Waals surface area contributed by atoms with Crippen LogP contribution in [-0.2, 0) is 5.41 Å². The molecule has 0 radical (unpaired) electrons. The van der Waals surface area contributed by atoms with Crippen LogP contribution in [-0.4, -0.2) is 20.8 Å². The Hall–Kier alpha value is -7.93. The number of hydrogen-bond acceptors (Lipinski definition) is 4. The number of fused-ring (bicyclic) bond motifs is 15. The number of amidine groups is 2. The van der Waals surface area contributed by atoms with Gasteiger partial charge in [-0.1, -0.05) is 194 Å². The molecule has 64 heavy (non-hydrogen) atoms. The minimum Gasteiger partial charge on any atom is -0.324 e. The highest BCUT2D eigenvalue weighted by Gasteiger charge is 2.50. The summed E-state index contributed by atoms with van der Waals surface area (Å²) >= 11 is 1.90. The molecule has 1 N–H and O–H groups in total. The summed E-state index contributed by atoms with van der Waals surface area (Å²) in [6, 6.07) is 77.2. The zero-order valence-electron chi connectivity index (χ0n) is 34.5. The molecule has 0 fully saturated rings. The fourth-order valence-electron chi connectivity index (χ4n) is 11.0. The molecule has 0 amide bonds. The Morgan fingerprint density at radius 3 is 1.80 bits per heavy atom. The molecule has 2 unspecified atom stereocenters. The Bertz CT molecular complexity index is 3790. The largest absolute Gasteiger partial charge is 0.324 e. The maximum absolute atomic E-state index is 5.48. The number of nitrogens with zero attached hydrogens (tertiary/aromatic N) is 4. The Balaban J connectivity index is 1.04. The van der Waals surface area contributed by atoms with Crippen molar-refractivity contribution in [3.05, 3.63) is 246 Å². The molecular weight excluding hydrogens is 799 g/mol. The lowest BCUT2D eigenvalue weighted by molar-refractivity contribution is 0.575. The van der Waals surface area contributed by atoms with Crippen LogP contribution in [0.1, 0.15) is 39.7 Å². The van der Waals surface area contributed by atoms with Gasteiger partial charge in [-0.2, -0.15) is 0 Å². The van der Waals surface area contributed by atoms with Crippen molar-refractivity contribution in [1.82, 2.24) is 14.5 Å². The van der Waals surface area contributed by atoms with Gasteiger partial charge in [0.05, 0.1) is 33.2 Å². The molecule has 14 rings (SSSR count). The molecule has 6 heteroatoms. The predicted molar refractivity (Wildman–Crippen MR) is 263 cm³/mol. The zero-order valence-corrected chi connectivity index (χ0v) is 35.3. The van der Waals surface area contributed by atoms with Gasteiger partial charge in [0.25, 0.3) is 0 Å². The first-order valence-electron chi connectivity index (χ1n) is 21.9. The third-order valence-electron chi connectivity index (χ3n) is 13.7. The third-order valence-corrected chi connectivity index (χ3v) is 14.9. The van der Waals surface area contributed by atoms with Crippen LogP contribution >= 0.6 is 11.8 Å². The van der Waals surface area contributed by atoms with Crippen LogP contribution in [0.15, 0.2) is 232 Å². The monoisotopic (exact) mass is 835 g/mol. The Kier molecular flexibility index (Phi) is 7.54. The molecule has 3 aliphatic rings. The second kappa shape index (κ2) is 13.5. The summed E-state index contributed by atoms with van der Waals surface area (Å²) in [5.41, 5.74) is 14.9. The lowest BCUT2D eigenvalue weighted by atomic mass is 9.62. The van der Waals surface area contributed by atoms with Crippen molar-refractivity contribution in [3.63, 3.8) is 0 Å². The molecule has 0 bridgehead atoms. The van der Waals surface area contributed by atoms with E-state index in [-0.39, 0.29) is 0 Å². The fraction of sp³-hybridized carbons (Fsp3) is 0.0345. The van der Waals surface area contributed by atoms with E-state index in [0.717, 1.165) is 39.4 Å². The van der Waals surface area contributed by atoms with Gasteiger partial charge in [0.15, 0.2) is 0 Å². The maximum Gasteiger partial charge on any atom is 0.224 e. The Morgan fingerprint density at radius 1 is 0.422 bits per heavy atom. The standard InChI is InChI=1S/C58H37N5S/c1-3-16-36(17-4-1)37-30-32-39(33-31-37)56-59-55(38-18-5-2-6-19-38)60-57(61-56)63-48-27-12-8-21-42(48)52-50(63)35-34-46-54(52)64-51-29-14-10-24-44(51)58(46)43-23-9-13-28-49(43)62-47-26-11-7-20-40(47)41-22-15-25-45(58)53(41)62/h1-35,57H,(H,59,60,61). The van der Waals surface area contributed by atoms with Crippen molar-refractivity contribution in [2.45, 2.75) is 21.5 Å². The highest BCUT2D eigenvalue weighted by Crippen LogP contribution is 2.62. The van der Waals surface area contributed by atoms with Crippen molar-refractivity contribution in [2.75, 3.05) is 0 Å². The molecule has 5 nitrogen and oxygen atoms in total. The molecule has 0 saturated carbocycles. The number of hydrogen-bond donors (Lipinski definition) is 1. The number of rotatable bonds is 4. The van der Waals surface area contributed by atoms with Crippen LogP contribution in [0.4, 0.5) is 0 Å². The van der Waals surface area contributed by atoms with Crippen molar-refractivity contribution < 1.29 is 0 Å². The van der Waals surface area contributed by atoms with E-state index in [1.807, 2.05) is 17.8 Å². The lowest BCUT2D eigenvalue weighted by Gasteiger charge is -2.45. The molecule has 3 aliphatic heterocycles. The first-order valence-corrected chi connectivity index (χ1v) is 22.7. The summed E-state index contributed by atoms with van der Waals surface area (Å²) in [7, 11) is 0. The minimum absolute atomic E-state index is 0.574. The van der Waals surface area contributed by atoms with Crippen LogP contribution in [0.25, 0.3) is 60.4 Å². The molecule has 9 aromatic carbocycles. The van der Waals surface area contributed by atoms with E-state index < -0.39 is 11.7 Å². The van der Waals surface area contributed by atoms with Crippen LogP contribution in [0.3, 0.4) is 0 Å². The zero-order chi connectivity index (χ0) is 41.9. The van der Waals surface area contributed by atoms with Gasteiger partial charge >= 0.3 is 0 Å². The van der Waals surface area contributed by atoms with Gasteiger partial charge in [0.2, 0.25) is 6.29 Å². The summed E-state index contributed by atoms with van der Waals surface area (Å²) in [5.74, 6) is 1.57. The Morgan fingerprint density at radius 2 is 1.00 bits per heavy atom. The molecule has 1 spiro atoms. The number of nitrogens with one attached hydrogen (secondary N) is 1. The van der Waals surface area contributed by atoms with E-state index >= 15 is 0 Å². The van der Waals surface area contributed by atoms with Gasteiger partial charge in [0, 0.05) is 42.5 Å². The van der Waals surface area contributed by atoms with E-state index in [4.69, 9.17) is 9.98 Å².